The number of carbonyl (C=O) groups is 2. The first-order chi connectivity index (χ1) is 41.5. The second kappa shape index (κ2) is 35.3. The number of allylic oxidation sites excluding steroid dienone is 12. The highest BCUT2D eigenvalue weighted by Crippen LogP contribution is 2.39. The number of aliphatic hydroxyl groups excluding tert-OH is 15. The average Bonchev–Trinajstić information content (AvgIpc) is 1.79. The molecule has 5 aliphatic rings. The summed E-state index contributed by atoms with van der Waals surface area (Å²) in [6.45, 7) is 4.26. The highest BCUT2D eigenvalue weighted by molar-refractivity contribution is 5.74. The van der Waals surface area contributed by atoms with Gasteiger partial charge in [-0.2, -0.15) is 0 Å². The lowest BCUT2D eigenvalue weighted by atomic mass is 9.82. The second-order valence-corrected chi connectivity index (χ2v) is 23.5. The molecule has 0 aromatic carbocycles. The van der Waals surface area contributed by atoms with Gasteiger partial charge in [0.2, 0.25) is 5.79 Å². The van der Waals surface area contributed by atoms with Gasteiger partial charge in [0.15, 0.2) is 18.4 Å². The highest BCUT2D eigenvalue weighted by atomic mass is 16.7. The van der Waals surface area contributed by atoms with E-state index >= 15 is 0 Å². The van der Waals surface area contributed by atoms with Gasteiger partial charge in [0.1, 0.15) is 60.9 Å². The van der Waals surface area contributed by atoms with E-state index in [4.69, 9.17) is 37.9 Å². The molecule has 502 valence electrons. The maximum Gasteiger partial charge on any atom is 0.313 e. The Morgan fingerprint density at radius 3 is 1.83 bits per heavy atom. The SMILES string of the molecule is COC(=O)C1C2C[C@@H](OC3O[C@H](C)[C@@H](O)[C@H](NC[C@@]4(O)OC[C@@H](O)[C@@H](OC5O[C@H](CO)[C@H](O)[C@H](O)[C@H]5O)[C@@H]4O)[C@@H]3O)/C=C/C=C/C=C/C=C/C=C/C=C/C=C/[C@H](C)[C@@H](O)[C@@H](C)[C@H](C)OC(=O)C[C@H](O)C[C@H](O)CC[C@@H](O)[C@H](O)C[C@H](O)C[C@](O)(C[C@@H]1O)O2. The number of ether oxygens (including phenoxy) is 8. The summed E-state index contributed by atoms with van der Waals surface area (Å²) in [5.74, 6) is -9.14. The fraction of sp³-hybridized carbons (Fsp3) is 0.733. The van der Waals surface area contributed by atoms with E-state index in [1.54, 1.807) is 86.8 Å². The molecular formula is C60H95NO27. The molecule has 2 bridgehead atoms. The Morgan fingerprint density at radius 1 is 0.614 bits per heavy atom. The van der Waals surface area contributed by atoms with E-state index in [1.165, 1.54) is 19.1 Å². The minimum atomic E-state index is -2.67. The van der Waals surface area contributed by atoms with Crippen molar-refractivity contribution in [3.8, 4) is 0 Å². The van der Waals surface area contributed by atoms with E-state index in [2.05, 4.69) is 5.32 Å². The zero-order chi connectivity index (χ0) is 65.2. The molecule has 18 N–H and O–H groups in total. The van der Waals surface area contributed by atoms with Crippen LogP contribution in [-0.2, 0) is 47.5 Å². The Bertz CT molecular complexity index is 2340. The largest absolute Gasteiger partial charge is 0.469 e. The molecule has 28 nitrogen and oxygen atoms in total. The number of aliphatic hydroxyl groups is 17. The molecule has 4 unspecified atom stereocenters. The number of esters is 2. The molecule has 5 rings (SSSR count). The molecule has 0 aromatic rings. The predicted octanol–water partition coefficient (Wildman–Crippen LogP) is -3.94. The molecule has 0 aromatic heterocycles. The zero-order valence-corrected chi connectivity index (χ0v) is 50.1. The van der Waals surface area contributed by atoms with Gasteiger partial charge < -0.3 is 130 Å². The van der Waals surface area contributed by atoms with Crippen LogP contribution >= 0.6 is 0 Å². The van der Waals surface area contributed by atoms with E-state index in [1.807, 2.05) is 6.92 Å². The van der Waals surface area contributed by atoms with Crippen LogP contribution in [0.2, 0.25) is 0 Å². The molecule has 4 fully saturated rings. The first-order valence-corrected chi connectivity index (χ1v) is 29.7. The van der Waals surface area contributed by atoms with Crippen LogP contribution in [0.4, 0.5) is 0 Å². The van der Waals surface area contributed by atoms with Gasteiger partial charge in [-0.15, -0.1) is 0 Å². The van der Waals surface area contributed by atoms with Crippen molar-refractivity contribution < 1.29 is 134 Å². The van der Waals surface area contributed by atoms with Gasteiger partial charge in [-0.05, 0) is 33.1 Å². The third-order valence-corrected chi connectivity index (χ3v) is 16.5. The van der Waals surface area contributed by atoms with E-state index in [-0.39, 0.29) is 25.2 Å². The van der Waals surface area contributed by atoms with Gasteiger partial charge >= 0.3 is 11.9 Å². The molecule has 28 heteroatoms. The van der Waals surface area contributed by atoms with Crippen LogP contribution in [-0.4, -0.2) is 278 Å². The monoisotopic (exact) mass is 1260 g/mol. The molecule has 0 spiro atoms. The Hall–Kier alpha value is -3.84. The molecule has 5 aliphatic heterocycles. The zero-order valence-electron chi connectivity index (χ0n) is 50.1. The lowest BCUT2D eigenvalue weighted by molar-refractivity contribution is -0.368. The van der Waals surface area contributed by atoms with Gasteiger partial charge in [-0.3, -0.25) is 9.59 Å². The predicted molar refractivity (Wildman–Crippen MR) is 307 cm³/mol. The van der Waals surface area contributed by atoms with Crippen molar-refractivity contribution in [1.29, 1.82) is 0 Å². The summed E-state index contributed by atoms with van der Waals surface area (Å²) in [6.07, 6.45) is -14.0. The lowest BCUT2D eigenvalue weighted by Crippen LogP contribution is -2.70. The Balaban J connectivity index is 1.38. The minimum Gasteiger partial charge on any atom is -0.469 e. The standard InChI is InChI=1S/C60H95NO27/c1-31-18-16-14-12-10-8-6-7-9-11-13-15-17-19-38(85-57-51(74)47(49(72)34(4)84-57)61-30-60(80)55(77)54(42(69)29-82-60)87-58-53(76)52(75)50(73)44(28-62)86-58)25-43-46(56(78)81-5)41(68)27-59(79,88-43)26-37(65)23-40(67)39(66)21-20-35(63)22-36(64)24-45(70)83-33(3)32(2)48(31)71/h6-19,31-44,46-55,57-58,61-69,71-77,79-80H,20-30H2,1-5H3/b7-6+,10-8+,11-9+,14-12+,15-13+,18-16+,19-17+/t31-,32-,33-,34+,35+,36+,37-,38-,39+,40+,41-,42+,43?,44+,46?,47-,48+,49+,50-,51-,52-,53+,54+,55-,57?,58?,59+,60+/m0/s1. The molecular weight excluding hydrogens is 1170 g/mol. The summed E-state index contributed by atoms with van der Waals surface area (Å²) in [5.41, 5.74) is 0. The van der Waals surface area contributed by atoms with Gasteiger partial charge in [-0.25, -0.2) is 0 Å². The first kappa shape index (κ1) is 74.9. The van der Waals surface area contributed by atoms with Crippen LogP contribution < -0.4 is 5.32 Å². The first-order valence-electron chi connectivity index (χ1n) is 29.7. The number of carbonyl (C=O) groups excluding carboxylic acids is 2. The smallest absolute Gasteiger partial charge is 0.313 e. The molecule has 5 heterocycles. The average molecular weight is 1260 g/mol. The quantitative estimate of drug-likeness (QED) is 0.0980. The Morgan fingerprint density at radius 2 is 1.22 bits per heavy atom. The summed E-state index contributed by atoms with van der Waals surface area (Å²) in [7, 11) is 1.06. The topological polar surface area (TPSA) is 464 Å². The van der Waals surface area contributed by atoms with Crippen molar-refractivity contribution in [3.63, 3.8) is 0 Å². The summed E-state index contributed by atoms with van der Waals surface area (Å²) in [4.78, 5) is 26.1. The van der Waals surface area contributed by atoms with Crippen molar-refractivity contribution in [2.75, 3.05) is 26.9 Å². The Kier molecular flexibility index (Phi) is 30.0. The summed E-state index contributed by atoms with van der Waals surface area (Å²) < 4.78 is 45.3. The van der Waals surface area contributed by atoms with E-state index in [0.29, 0.717) is 0 Å². The van der Waals surface area contributed by atoms with Crippen LogP contribution in [0.1, 0.15) is 79.1 Å². The maximum atomic E-state index is 13.4. The van der Waals surface area contributed by atoms with E-state index in [0.717, 1.165) is 7.11 Å². The summed E-state index contributed by atoms with van der Waals surface area (Å²) in [6, 6.07) is -1.47. The van der Waals surface area contributed by atoms with Gasteiger partial charge in [-0.1, -0.05) is 98.9 Å². The maximum absolute atomic E-state index is 13.4. The lowest BCUT2D eigenvalue weighted by Gasteiger charge is -2.48. The van der Waals surface area contributed by atoms with Crippen molar-refractivity contribution in [2.24, 2.45) is 17.8 Å². The number of hydrogen-bond acceptors (Lipinski definition) is 28. The summed E-state index contributed by atoms with van der Waals surface area (Å²) in [5, 5.41) is 189. The molecule has 0 aliphatic carbocycles. The molecule has 28 atom stereocenters. The fourth-order valence-corrected chi connectivity index (χ4v) is 11.1. The molecule has 4 saturated heterocycles. The van der Waals surface area contributed by atoms with Crippen molar-refractivity contribution in [3.05, 3.63) is 85.1 Å². The minimum absolute atomic E-state index is 0.155. The van der Waals surface area contributed by atoms with Crippen LogP contribution in [0.5, 0.6) is 0 Å². The number of hydrogen-bond donors (Lipinski definition) is 18. The normalized spacial score (nSPS) is 47.3. The van der Waals surface area contributed by atoms with Gasteiger partial charge in [0.05, 0.1) is 106 Å². The van der Waals surface area contributed by atoms with Crippen LogP contribution in [0.3, 0.4) is 0 Å². The van der Waals surface area contributed by atoms with Gasteiger partial charge in [0, 0.05) is 37.5 Å². The Labute approximate surface area is 511 Å². The number of nitrogens with one attached hydrogen (secondary N) is 1. The second-order valence-electron chi connectivity index (χ2n) is 23.5. The number of cyclic esters (lactones) is 1. The van der Waals surface area contributed by atoms with Crippen molar-refractivity contribution in [2.45, 2.75) is 231 Å². The van der Waals surface area contributed by atoms with Crippen LogP contribution in [0.15, 0.2) is 85.1 Å². The van der Waals surface area contributed by atoms with E-state index < -0.39 is 228 Å². The third kappa shape index (κ3) is 21.4. The van der Waals surface area contributed by atoms with Crippen molar-refractivity contribution in [1.82, 2.24) is 5.32 Å². The van der Waals surface area contributed by atoms with Gasteiger partial charge in [0.25, 0.3) is 0 Å². The summed E-state index contributed by atoms with van der Waals surface area (Å²) >= 11 is 0. The van der Waals surface area contributed by atoms with E-state index in [9.17, 15) is 96.4 Å². The van der Waals surface area contributed by atoms with Crippen LogP contribution in [0.25, 0.3) is 0 Å². The third-order valence-electron chi connectivity index (χ3n) is 16.5. The fourth-order valence-electron chi connectivity index (χ4n) is 11.1. The number of methoxy groups -OCH3 is 1. The molecule has 0 radical (unpaired) electrons. The molecule has 0 saturated carbocycles. The molecule has 0 amide bonds. The number of rotatable bonds is 9. The highest BCUT2D eigenvalue weighted by Gasteiger charge is 2.55. The van der Waals surface area contributed by atoms with Crippen LogP contribution in [0, 0.1) is 17.8 Å². The number of fused-ring (bicyclic) bond motifs is 2. The molecule has 88 heavy (non-hydrogen) atoms. The van der Waals surface area contributed by atoms with Crippen molar-refractivity contribution >= 4 is 11.9 Å².